The number of halogens is 1. The monoisotopic (exact) mass is 579 g/mol. The fourth-order valence-corrected chi connectivity index (χ4v) is 7.19. The zero-order chi connectivity index (χ0) is 28.2. The van der Waals surface area contributed by atoms with Crippen LogP contribution in [-0.2, 0) is 4.74 Å². The van der Waals surface area contributed by atoms with Gasteiger partial charge < -0.3 is 24.2 Å². The maximum Gasteiger partial charge on any atom is 0.255 e. The van der Waals surface area contributed by atoms with Crippen molar-refractivity contribution >= 4 is 29.1 Å². The predicted molar refractivity (Wildman–Crippen MR) is 161 cm³/mol. The fourth-order valence-electron chi connectivity index (χ4n) is 6.99. The first-order valence-electron chi connectivity index (χ1n) is 15.5. The topological polar surface area (TPSA) is 62.3 Å². The normalized spacial score (nSPS) is 23.6. The molecule has 0 aliphatic carbocycles. The van der Waals surface area contributed by atoms with Crippen LogP contribution in [-0.4, -0.2) is 80.2 Å². The van der Waals surface area contributed by atoms with Crippen molar-refractivity contribution in [2.45, 2.75) is 63.8 Å². The van der Waals surface area contributed by atoms with E-state index in [1.807, 2.05) is 52.3 Å². The number of hydrogen-bond donors (Lipinski definition) is 0. The summed E-state index contributed by atoms with van der Waals surface area (Å²) in [7, 11) is 0. The van der Waals surface area contributed by atoms with Gasteiger partial charge in [0.1, 0.15) is 5.75 Å². The number of ether oxygens (including phenoxy) is 2. The van der Waals surface area contributed by atoms with E-state index < -0.39 is 0 Å². The summed E-state index contributed by atoms with van der Waals surface area (Å²) in [5, 5.41) is 0.519. The number of amides is 2. The molecule has 0 saturated carbocycles. The van der Waals surface area contributed by atoms with Crippen LogP contribution < -0.4 is 9.64 Å². The standard InChI is InChI=1S/C33H42ClN3O4/c34-30-11-10-26(35-15-2-3-16-35)22-29(30)32(39)36-18-13-33(14-19-36)12-1-4-20-40-23-27-8-6-17-37(27)31(38)25-7-5-9-28(21-25)41-24-33/h5,7,9-11,21-22,27H,1-4,6,8,12-20,23-24H2/t27-/m0/s1. The summed E-state index contributed by atoms with van der Waals surface area (Å²) in [5.74, 6) is 0.815. The highest BCUT2D eigenvalue weighted by atomic mass is 35.5. The van der Waals surface area contributed by atoms with Gasteiger partial charge in [0.15, 0.2) is 0 Å². The number of carbonyl (C=O) groups is 2. The summed E-state index contributed by atoms with van der Waals surface area (Å²) in [4.78, 5) is 33.2. The number of likely N-dealkylation sites (tertiary alicyclic amines) is 1. The van der Waals surface area contributed by atoms with Gasteiger partial charge in [0.25, 0.3) is 11.8 Å². The number of piperidine rings is 1. The molecular weight excluding hydrogens is 538 g/mol. The van der Waals surface area contributed by atoms with E-state index >= 15 is 0 Å². The first-order valence-corrected chi connectivity index (χ1v) is 15.8. The van der Waals surface area contributed by atoms with Gasteiger partial charge in [-0.3, -0.25) is 9.59 Å². The molecule has 3 fully saturated rings. The lowest BCUT2D eigenvalue weighted by Crippen LogP contribution is -2.45. The Bertz CT molecular complexity index is 1240. The van der Waals surface area contributed by atoms with Crippen molar-refractivity contribution in [1.82, 2.24) is 9.80 Å². The van der Waals surface area contributed by atoms with Crippen molar-refractivity contribution in [2.24, 2.45) is 5.41 Å². The minimum atomic E-state index is -0.0296. The molecule has 4 heterocycles. The Hall–Kier alpha value is -2.77. The summed E-state index contributed by atoms with van der Waals surface area (Å²) < 4.78 is 12.5. The van der Waals surface area contributed by atoms with E-state index in [9.17, 15) is 9.59 Å². The molecule has 4 aliphatic heterocycles. The van der Waals surface area contributed by atoms with Gasteiger partial charge in [-0.05, 0) is 87.8 Å². The van der Waals surface area contributed by atoms with E-state index in [2.05, 4.69) is 4.90 Å². The molecule has 0 unspecified atom stereocenters. The molecule has 0 aromatic heterocycles. The minimum Gasteiger partial charge on any atom is -0.493 e. The molecule has 220 valence electrons. The molecule has 1 spiro atoms. The zero-order valence-corrected chi connectivity index (χ0v) is 24.7. The average molecular weight is 580 g/mol. The lowest BCUT2D eigenvalue weighted by Gasteiger charge is -2.42. The Balaban J connectivity index is 1.15. The second-order valence-electron chi connectivity index (χ2n) is 12.3. The molecule has 0 N–H and O–H groups in total. The van der Waals surface area contributed by atoms with Crippen LogP contribution in [0.5, 0.6) is 5.75 Å². The Labute approximate surface area is 248 Å². The summed E-state index contributed by atoms with van der Waals surface area (Å²) in [5.41, 5.74) is 2.33. The zero-order valence-electron chi connectivity index (χ0n) is 24.0. The van der Waals surface area contributed by atoms with Crippen molar-refractivity contribution in [3.8, 4) is 5.75 Å². The van der Waals surface area contributed by atoms with Crippen LogP contribution in [0.4, 0.5) is 5.69 Å². The quantitative estimate of drug-likeness (QED) is 0.434. The summed E-state index contributed by atoms with van der Waals surface area (Å²) in [6.45, 7) is 6.08. The predicted octanol–water partition coefficient (Wildman–Crippen LogP) is 6.05. The van der Waals surface area contributed by atoms with Crippen LogP contribution in [0.1, 0.15) is 78.5 Å². The van der Waals surface area contributed by atoms with Gasteiger partial charge in [0.2, 0.25) is 0 Å². The van der Waals surface area contributed by atoms with Crippen LogP contribution in [0.15, 0.2) is 42.5 Å². The molecule has 2 aromatic carbocycles. The van der Waals surface area contributed by atoms with E-state index in [0.717, 1.165) is 76.0 Å². The molecule has 1 atom stereocenters. The number of hydrogen-bond acceptors (Lipinski definition) is 5. The molecule has 0 radical (unpaired) electrons. The lowest BCUT2D eigenvalue weighted by atomic mass is 9.75. The maximum atomic E-state index is 13.6. The van der Waals surface area contributed by atoms with E-state index in [0.29, 0.717) is 49.1 Å². The Morgan fingerprint density at radius 3 is 2.56 bits per heavy atom. The summed E-state index contributed by atoms with van der Waals surface area (Å²) in [6.07, 6.45) is 9.20. The number of carbonyl (C=O) groups excluding carboxylic acids is 2. The molecule has 2 bridgehead atoms. The van der Waals surface area contributed by atoms with Crippen LogP contribution in [0.2, 0.25) is 5.02 Å². The molecule has 2 amide bonds. The molecule has 4 aliphatic rings. The first-order chi connectivity index (χ1) is 20.0. The SMILES string of the molecule is O=C(c1cc(N2CCCC2)ccc1Cl)N1CCC2(CCCCOC[C@@H]3CCCN3C(=O)c3cccc(c3)OC2)CC1. The lowest BCUT2D eigenvalue weighted by molar-refractivity contribution is 0.0332. The molecule has 7 nitrogen and oxygen atoms in total. The van der Waals surface area contributed by atoms with E-state index in [4.69, 9.17) is 21.1 Å². The largest absolute Gasteiger partial charge is 0.493 e. The van der Waals surface area contributed by atoms with Crippen molar-refractivity contribution in [3.63, 3.8) is 0 Å². The van der Waals surface area contributed by atoms with E-state index in [1.165, 1.54) is 12.8 Å². The third-order valence-corrected chi connectivity index (χ3v) is 9.91. The highest BCUT2D eigenvalue weighted by Gasteiger charge is 2.37. The third-order valence-electron chi connectivity index (χ3n) is 9.58. The van der Waals surface area contributed by atoms with E-state index in [1.54, 1.807) is 0 Å². The smallest absolute Gasteiger partial charge is 0.255 e. The Morgan fingerprint density at radius 1 is 0.902 bits per heavy atom. The van der Waals surface area contributed by atoms with Gasteiger partial charge in [-0.25, -0.2) is 0 Å². The second-order valence-corrected chi connectivity index (χ2v) is 12.7. The number of nitrogens with zero attached hydrogens (tertiary/aromatic N) is 3. The van der Waals surface area contributed by atoms with Crippen molar-refractivity contribution < 1.29 is 19.1 Å². The number of fused-ring (bicyclic) bond motifs is 3. The van der Waals surface area contributed by atoms with Gasteiger partial charge in [0.05, 0.1) is 29.8 Å². The second kappa shape index (κ2) is 12.6. The van der Waals surface area contributed by atoms with Gasteiger partial charge in [-0.15, -0.1) is 0 Å². The van der Waals surface area contributed by atoms with Crippen LogP contribution >= 0.6 is 11.6 Å². The number of anilines is 1. The number of benzene rings is 2. The summed E-state index contributed by atoms with van der Waals surface area (Å²) >= 11 is 6.55. The first kappa shape index (κ1) is 28.4. The molecule has 8 heteroatoms. The van der Waals surface area contributed by atoms with Gasteiger partial charge in [-0.1, -0.05) is 24.1 Å². The Morgan fingerprint density at radius 2 is 1.73 bits per heavy atom. The van der Waals surface area contributed by atoms with Crippen LogP contribution in [0, 0.1) is 5.41 Å². The Kier molecular flexibility index (Phi) is 8.73. The summed E-state index contributed by atoms with van der Waals surface area (Å²) in [6, 6.07) is 13.7. The van der Waals surface area contributed by atoms with Crippen LogP contribution in [0.25, 0.3) is 0 Å². The van der Waals surface area contributed by atoms with Crippen LogP contribution in [0.3, 0.4) is 0 Å². The molecule has 2 aromatic rings. The van der Waals surface area contributed by atoms with Gasteiger partial charge in [-0.2, -0.15) is 0 Å². The number of rotatable bonds is 2. The molecule has 41 heavy (non-hydrogen) atoms. The van der Waals surface area contributed by atoms with Crippen molar-refractivity contribution in [1.29, 1.82) is 0 Å². The third kappa shape index (κ3) is 6.36. The maximum absolute atomic E-state index is 13.6. The molecule has 6 rings (SSSR count). The molecule has 3 saturated heterocycles. The van der Waals surface area contributed by atoms with Crippen molar-refractivity contribution in [2.75, 3.05) is 57.4 Å². The highest BCUT2D eigenvalue weighted by molar-refractivity contribution is 6.34. The fraction of sp³-hybridized carbons (Fsp3) is 0.576. The van der Waals surface area contributed by atoms with Gasteiger partial charge >= 0.3 is 0 Å². The molecular formula is C33H42ClN3O4. The van der Waals surface area contributed by atoms with Crippen molar-refractivity contribution in [3.05, 3.63) is 58.6 Å². The minimum absolute atomic E-state index is 0.0177. The highest BCUT2D eigenvalue weighted by Crippen LogP contribution is 2.39. The average Bonchev–Trinajstić information content (AvgIpc) is 3.71. The van der Waals surface area contributed by atoms with Gasteiger partial charge in [0, 0.05) is 56.0 Å². The van der Waals surface area contributed by atoms with E-state index in [-0.39, 0.29) is 23.3 Å².